The lowest BCUT2D eigenvalue weighted by Gasteiger charge is -2.31. The average molecular weight is 302 g/mol. The minimum atomic E-state index is -4.28. The highest BCUT2D eigenvalue weighted by Gasteiger charge is 2.30. The van der Waals surface area contributed by atoms with Gasteiger partial charge in [0, 0.05) is 25.7 Å². The van der Waals surface area contributed by atoms with Gasteiger partial charge in [-0.05, 0) is 31.7 Å². The van der Waals surface area contributed by atoms with Crippen molar-refractivity contribution in [3.8, 4) is 0 Å². The quantitative estimate of drug-likeness (QED) is 0.925. The summed E-state index contributed by atoms with van der Waals surface area (Å²) in [6, 6.07) is 5.28. The maximum atomic E-state index is 12.5. The van der Waals surface area contributed by atoms with E-state index in [1.807, 2.05) is 6.92 Å². The van der Waals surface area contributed by atoms with Gasteiger partial charge in [-0.25, -0.2) is 0 Å². The van der Waals surface area contributed by atoms with Crippen LogP contribution in [0.25, 0.3) is 0 Å². The van der Waals surface area contributed by atoms with Gasteiger partial charge in [0.1, 0.15) is 0 Å². The third-order valence-electron chi connectivity index (χ3n) is 3.73. The van der Waals surface area contributed by atoms with Crippen molar-refractivity contribution in [3.63, 3.8) is 0 Å². The van der Waals surface area contributed by atoms with Crippen molar-refractivity contribution < 1.29 is 17.9 Å². The number of hydrogen-bond acceptors (Lipinski definition) is 3. The molecule has 1 aromatic carbocycles. The Kier molecular flexibility index (Phi) is 5.24. The monoisotopic (exact) mass is 302 g/mol. The molecule has 0 unspecified atom stereocenters. The molecule has 0 saturated carbocycles. The first-order valence-corrected chi connectivity index (χ1v) is 7.07. The largest absolute Gasteiger partial charge is 0.416 e. The molecule has 3 nitrogen and oxygen atoms in total. The molecule has 1 fully saturated rings. The fraction of sp³-hybridized carbons (Fsp3) is 0.600. The normalized spacial score (nSPS) is 22.2. The number of halogens is 3. The van der Waals surface area contributed by atoms with Gasteiger partial charge in [-0.2, -0.15) is 13.2 Å². The second-order valence-corrected chi connectivity index (χ2v) is 5.50. The Morgan fingerprint density at radius 2 is 2.00 bits per heavy atom. The van der Waals surface area contributed by atoms with E-state index < -0.39 is 11.7 Å². The molecule has 2 rings (SSSR count). The van der Waals surface area contributed by atoms with Crippen LogP contribution >= 0.6 is 0 Å². The van der Waals surface area contributed by atoms with E-state index in [1.165, 1.54) is 12.1 Å². The number of ether oxygens (including phenoxy) is 1. The van der Waals surface area contributed by atoms with E-state index in [0.717, 1.165) is 37.4 Å². The minimum Gasteiger partial charge on any atom is -0.374 e. The van der Waals surface area contributed by atoms with Crippen molar-refractivity contribution in [2.75, 3.05) is 33.3 Å². The number of alkyl halides is 3. The molecule has 0 amide bonds. The molecule has 2 atom stereocenters. The molecule has 1 aliphatic heterocycles. The van der Waals surface area contributed by atoms with E-state index in [1.54, 1.807) is 0 Å². The van der Waals surface area contributed by atoms with Gasteiger partial charge in [-0.15, -0.1) is 0 Å². The summed E-state index contributed by atoms with van der Waals surface area (Å²) in [6.45, 7) is 5.15. The number of nitrogens with one attached hydrogen (secondary N) is 1. The van der Waals surface area contributed by atoms with Gasteiger partial charge in [-0.1, -0.05) is 12.1 Å². The number of benzene rings is 1. The highest BCUT2D eigenvalue weighted by atomic mass is 19.4. The molecule has 0 aliphatic carbocycles. The molecule has 21 heavy (non-hydrogen) atoms. The standard InChI is InChI=1S/C15H21F3N2O/c1-11(19-9-14-10-20(2)7-8-21-14)12-3-5-13(6-4-12)15(16,17)18/h3-6,11,14,19H,7-10H2,1-2H3/t11-,14-/m1/s1. The molecule has 1 saturated heterocycles. The van der Waals surface area contributed by atoms with Crippen LogP contribution in [0.4, 0.5) is 13.2 Å². The molecule has 1 N–H and O–H groups in total. The Bertz CT molecular complexity index is 447. The fourth-order valence-corrected chi connectivity index (χ4v) is 2.38. The third-order valence-corrected chi connectivity index (χ3v) is 3.73. The third kappa shape index (κ3) is 4.69. The van der Waals surface area contributed by atoms with E-state index in [0.29, 0.717) is 6.54 Å². The Balaban J connectivity index is 1.87. The van der Waals surface area contributed by atoms with Crippen LogP contribution in [0.1, 0.15) is 24.1 Å². The van der Waals surface area contributed by atoms with Crippen molar-refractivity contribution in [2.24, 2.45) is 0 Å². The summed E-state index contributed by atoms with van der Waals surface area (Å²) < 4.78 is 43.2. The second kappa shape index (κ2) is 6.77. The maximum Gasteiger partial charge on any atom is 0.416 e. The number of hydrogen-bond donors (Lipinski definition) is 1. The number of morpholine rings is 1. The first-order valence-electron chi connectivity index (χ1n) is 7.07. The zero-order chi connectivity index (χ0) is 15.5. The SMILES string of the molecule is C[C@@H](NC[C@@H]1CN(C)CCO1)c1ccc(C(F)(F)F)cc1. The van der Waals surface area contributed by atoms with Crippen LogP contribution < -0.4 is 5.32 Å². The lowest BCUT2D eigenvalue weighted by Crippen LogP contribution is -2.45. The van der Waals surface area contributed by atoms with Gasteiger partial charge in [0.2, 0.25) is 0 Å². The Morgan fingerprint density at radius 3 is 2.57 bits per heavy atom. The van der Waals surface area contributed by atoms with Gasteiger partial charge < -0.3 is 15.0 Å². The molecule has 1 heterocycles. The van der Waals surface area contributed by atoms with Gasteiger partial charge in [0.15, 0.2) is 0 Å². The fourth-order valence-electron chi connectivity index (χ4n) is 2.38. The Morgan fingerprint density at radius 1 is 1.33 bits per heavy atom. The zero-order valence-electron chi connectivity index (χ0n) is 12.3. The van der Waals surface area contributed by atoms with Gasteiger partial charge in [0.25, 0.3) is 0 Å². The van der Waals surface area contributed by atoms with E-state index >= 15 is 0 Å². The summed E-state index contributed by atoms with van der Waals surface area (Å²) >= 11 is 0. The molecule has 118 valence electrons. The zero-order valence-corrected chi connectivity index (χ0v) is 12.3. The van der Waals surface area contributed by atoms with E-state index in [2.05, 4.69) is 17.3 Å². The predicted molar refractivity (Wildman–Crippen MR) is 75.1 cm³/mol. The minimum absolute atomic E-state index is 0.0110. The van der Waals surface area contributed by atoms with Crippen molar-refractivity contribution >= 4 is 0 Å². The molecule has 0 radical (unpaired) electrons. The summed E-state index contributed by atoms with van der Waals surface area (Å²) in [6.07, 6.45) is -4.16. The van der Waals surface area contributed by atoms with Crippen LogP contribution in [-0.2, 0) is 10.9 Å². The van der Waals surface area contributed by atoms with E-state index in [4.69, 9.17) is 4.74 Å². The van der Waals surface area contributed by atoms with Crippen molar-refractivity contribution in [2.45, 2.75) is 25.2 Å². The van der Waals surface area contributed by atoms with E-state index in [-0.39, 0.29) is 12.1 Å². The molecular weight excluding hydrogens is 281 g/mol. The summed E-state index contributed by atoms with van der Waals surface area (Å²) in [5.41, 5.74) is 0.225. The molecule has 0 spiro atoms. The van der Waals surface area contributed by atoms with Crippen LogP contribution in [0.2, 0.25) is 0 Å². The number of likely N-dealkylation sites (N-methyl/N-ethyl adjacent to an activating group) is 1. The summed E-state index contributed by atoms with van der Waals surface area (Å²) in [7, 11) is 2.05. The molecule has 0 aromatic heterocycles. The van der Waals surface area contributed by atoms with Crippen LogP contribution in [0.3, 0.4) is 0 Å². The molecule has 6 heteroatoms. The highest BCUT2D eigenvalue weighted by molar-refractivity contribution is 5.26. The summed E-state index contributed by atoms with van der Waals surface area (Å²) in [5.74, 6) is 0. The van der Waals surface area contributed by atoms with E-state index in [9.17, 15) is 13.2 Å². The first-order chi connectivity index (χ1) is 9.86. The molecular formula is C15H21F3N2O. The number of nitrogens with zero attached hydrogens (tertiary/aromatic N) is 1. The summed E-state index contributed by atoms with van der Waals surface area (Å²) in [5, 5.41) is 3.31. The van der Waals surface area contributed by atoms with Gasteiger partial charge in [0.05, 0.1) is 18.3 Å². The smallest absolute Gasteiger partial charge is 0.374 e. The molecule has 1 aliphatic rings. The highest BCUT2D eigenvalue weighted by Crippen LogP contribution is 2.29. The van der Waals surface area contributed by atoms with Crippen LogP contribution in [0, 0.1) is 0 Å². The first kappa shape index (κ1) is 16.3. The maximum absolute atomic E-state index is 12.5. The lowest BCUT2D eigenvalue weighted by molar-refractivity contribution is -0.137. The molecule has 1 aromatic rings. The molecule has 0 bridgehead atoms. The van der Waals surface area contributed by atoms with Crippen LogP contribution in [0.5, 0.6) is 0 Å². The topological polar surface area (TPSA) is 24.5 Å². The van der Waals surface area contributed by atoms with Crippen molar-refractivity contribution in [1.29, 1.82) is 0 Å². The van der Waals surface area contributed by atoms with Crippen molar-refractivity contribution in [3.05, 3.63) is 35.4 Å². The Labute approximate surface area is 123 Å². The predicted octanol–water partition coefficient (Wildman–Crippen LogP) is 2.69. The average Bonchev–Trinajstić information content (AvgIpc) is 2.44. The van der Waals surface area contributed by atoms with Gasteiger partial charge >= 0.3 is 6.18 Å². The van der Waals surface area contributed by atoms with Crippen LogP contribution in [-0.4, -0.2) is 44.3 Å². The number of rotatable bonds is 4. The van der Waals surface area contributed by atoms with Crippen molar-refractivity contribution in [1.82, 2.24) is 10.2 Å². The lowest BCUT2D eigenvalue weighted by atomic mass is 10.1. The van der Waals surface area contributed by atoms with Crippen LogP contribution in [0.15, 0.2) is 24.3 Å². The van der Waals surface area contributed by atoms with Gasteiger partial charge in [-0.3, -0.25) is 0 Å². The Hall–Kier alpha value is -1.11. The second-order valence-electron chi connectivity index (χ2n) is 5.50. The summed E-state index contributed by atoms with van der Waals surface area (Å²) in [4.78, 5) is 2.21.